The zero-order valence-electron chi connectivity index (χ0n) is 15.1. The highest BCUT2D eigenvalue weighted by Gasteiger charge is 2.16. The molecule has 0 amide bonds. The number of nitrogens with one attached hydrogen (secondary N) is 3. The van der Waals surface area contributed by atoms with Crippen LogP contribution >= 0.6 is 0 Å². The fourth-order valence-corrected chi connectivity index (χ4v) is 2.95. The first-order valence-corrected chi connectivity index (χ1v) is 8.74. The predicted octanol–water partition coefficient (Wildman–Crippen LogP) is 1.73. The quantitative estimate of drug-likeness (QED) is 0.480. The maximum atomic E-state index is 11.3. The van der Waals surface area contributed by atoms with Crippen molar-refractivity contribution >= 4 is 16.9 Å². The molecule has 0 spiro atoms. The molecule has 0 bridgehead atoms. The van der Waals surface area contributed by atoms with Gasteiger partial charge in [-0.1, -0.05) is 30.3 Å². The summed E-state index contributed by atoms with van der Waals surface area (Å²) in [5.41, 5.74) is 1.66. The van der Waals surface area contributed by atoms with E-state index < -0.39 is 0 Å². The second-order valence-corrected chi connectivity index (χ2v) is 6.41. The number of nitrogens with zero attached hydrogens (tertiary/aromatic N) is 5. The molecule has 9 nitrogen and oxygen atoms in total. The van der Waals surface area contributed by atoms with E-state index in [1.165, 1.54) is 5.56 Å². The molecule has 1 atom stereocenters. The lowest BCUT2D eigenvalue weighted by atomic mass is 10.1. The number of aryl methyl sites for hydroxylation is 3. The van der Waals surface area contributed by atoms with E-state index in [4.69, 9.17) is 4.98 Å². The molecule has 0 unspecified atom stereocenters. The van der Waals surface area contributed by atoms with E-state index in [1.54, 1.807) is 10.9 Å². The highest BCUT2D eigenvalue weighted by molar-refractivity contribution is 5.86. The normalized spacial score (nSPS) is 12.4. The Morgan fingerprint density at radius 3 is 2.74 bits per heavy atom. The number of aromatic nitrogens is 7. The molecule has 0 saturated heterocycles. The molecule has 0 aliphatic rings. The summed E-state index contributed by atoms with van der Waals surface area (Å²) in [6.45, 7) is 1.90. The van der Waals surface area contributed by atoms with Crippen molar-refractivity contribution in [3.05, 3.63) is 64.2 Å². The Labute approximate surface area is 154 Å². The van der Waals surface area contributed by atoms with Gasteiger partial charge < -0.3 is 5.32 Å². The average Bonchev–Trinajstić information content (AvgIpc) is 3.27. The molecule has 4 aromatic rings. The van der Waals surface area contributed by atoms with Gasteiger partial charge in [-0.3, -0.25) is 9.67 Å². The number of H-pyrrole nitrogens is 2. The Morgan fingerprint density at radius 2 is 2.00 bits per heavy atom. The summed E-state index contributed by atoms with van der Waals surface area (Å²) < 4.78 is 1.73. The third kappa shape index (κ3) is 3.57. The van der Waals surface area contributed by atoms with Gasteiger partial charge in [-0.15, -0.1) is 0 Å². The van der Waals surface area contributed by atoms with Gasteiger partial charge >= 0.3 is 5.69 Å². The molecule has 3 heterocycles. The van der Waals surface area contributed by atoms with Crippen molar-refractivity contribution in [3.63, 3.8) is 0 Å². The lowest BCUT2D eigenvalue weighted by molar-refractivity contribution is 0.769. The predicted molar refractivity (Wildman–Crippen MR) is 101 cm³/mol. The summed E-state index contributed by atoms with van der Waals surface area (Å²) >= 11 is 0. The first-order valence-electron chi connectivity index (χ1n) is 8.74. The topological polar surface area (TPSA) is 117 Å². The fourth-order valence-electron chi connectivity index (χ4n) is 2.95. The minimum Gasteiger partial charge on any atom is -0.360 e. The molecule has 3 aromatic heterocycles. The van der Waals surface area contributed by atoms with Crippen LogP contribution in [0.3, 0.4) is 0 Å². The second kappa shape index (κ2) is 7.02. The van der Waals surface area contributed by atoms with Gasteiger partial charge in [0.15, 0.2) is 11.5 Å². The zero-order chi connectivity index (χ0) is 18.8. The van der Waals surface area contributed by atoms with Crippen LogP contribution in [0.2, 0.25) is 0 Å². The summed E-state index contributed by atoms with van der Waals surface area (Å²) in [6, 6.07) is 10.0. The van der Waals surface area contributed by atoms with Gasteiger partial charge in [0.25, 0.3) is 0 Å². The minimum absolute atomic E-state index is 0.232. The van der Waals surface area contributed by atoms with Crippen molar-refractivity contribution in [1.29, 1.82) is 0 Å². The Morgan fingerprint density at radius 1 is 1.19 bits per heavy atom. The fraction of sp³-hybridized carbons (Fsp3) is 0.278. The first kappa shape index (κ1) is 17.0. The van der Waals surface area contributed by atoms with E-state index in [-0.39, 0.29) is 11.7 Å². The van der Waals surface area contributed by atoms with E-state index >= 15 is 0 Å². The monoisotopic (exact) mass is 364 g/mol. The lowest BCUT2D eigenvalue weighted by Crippen LogP contribution is -2.13. The maximum Gasteiger partial charge on any atom is 0.340 e. The summed E-state index contributed by atoms with van der Waals surface area (Å²) in [4.78, 5) is 23.3. The smallest absolute Gasteiger partial charge is 0.340 e. The highest BCUT2D eigenvalue weighted by Crippen LogP contribution is 2.23. The van der Waals surface area contributed by atoms with Crippen molar-refractivity contribution in [2.24, 2.45) is 7.05 Å². The van der Waals surface area contributed by atoms with E-state index in [2.05, 4.69) is 42.7 Å². The van der Waals surface area contributed by atoms with Crippen LogP contribution in [0, 0.1) is 0 Å². The van der Waals surface area contributed by atoms with E-state index in [0.29, 0.717) is 18.1 Å². The number of rotatable bonds is 6. The maximum absolute atomic E-state index is 11.3. The molecule has 0 aliphatic heterocycles. The molecule has 138 valence electrons. The molecule has 9 heteroatoms. The van der Waals surface area contributed by atoms with Gasteiger partial charge in [-0.05, 0) is 18.9 Å². The van der Waals surface area contributed by atoms with Crippen LogP contribution in [0.25, 0.3) is 11.0 Å². The molecule has 3 N–H and O–H groups in total. The Balaban J connectivity index is 1.63. The number of aromatic amines is 2. The van der Waals surface area contributed by atoms with Gasteiger partial charge in [0.05, 0.1) is 17.6 Å². The van der Waals surface area contributed by atoms with Crippen LogP contribution in [0.15, 0.2) is 41.3 Å². The largest absolute Gasteiger partial charge is 0.360 e. The van der Waals surface area contributed by atoms with E-state index in [9.17, 15) is 4.79 Å². The number of benzene rings is 1. The zero-order valence-corrected chi connectivity index (χ0v) is 15.1. The number of hydrogen-bond acceptors (Lipinski definition) is 6. The summed E-state index contributed by atoms with van der Waals surface area (Å²) in [5.74, 6) is 1.93. The van der Waals surface area contributed by atoms with Gasteiger partial charge in [0.2, 0.25) is 0 Å². The minimum atomic E-state index is -0.337. The molecule has 0 radical (unpaired) electrons. The van der Waals surface area contributed by atoms with Crippen molar-refractivity contribution in [3.8, 4) is 0 Å². The van der Waals surface area contributed by atoms with E-state index in [0.717, 1.165) is 23.3 Å². The van der Waals surface area contributed by atoms with Crippen LogP contribution in [-0.2, 0) is 19.9 Å². The van der Waals surface area contributed by atoms with Crippen LogP contribution in [0.1, 0.15) is 30.2 Å². The van der Waals surface area contributed by atoms with Gasteiger partial charge in [0.1, 0.15) is 11.6 Å². The van der Waals surface area contributed by atoms with Gasteiger partial charge in [0, 0.05) is 13.5 Å². The Hall–Kier alpha value is -3.49. The average molecular weight is 364 g/mol. The van der Waals surface area contributed by atoms with Gasteiger partial charge in [-0.25, -0.2) is 19.9 Å². The molecule has 0 aliphatic carbocycles. The standard InChI is InChI=1S/C18H20N8O/c1-11(15-23-18(27)25-24-15)20-16-13-10-19-26(2)17(13)22-14(21-16)9-8-12-6-4-3-5-7-12/h3-7,10-11H,8-9H2,1-2H3,(H,20,21,22)(H2,23,24,25,27)/t11-/m0/s1. The van der Waals surface area contributed by atoms with Crippen molar-refractivity contribution < 1.29 is 0 Å². The van der Waals surface area contributed by atoms with Crippen LogP contribution in [-0.4, -0.2) is 34.9 Å². The number of anilines is 1. The summed E-state index contributed by atoms with van der Waals surface area (Å²) in [5, 5.41) is 14.8. The Bertz CT molecular complexity index is 1110. The molecular formula is C18H20N8O. The van der Waals surface area contributed by atoms with E-state index in [1.807, 2.05) is 32.2 Å². The number of fused-ring (bicyclic) bond motifs is 1. The van der Waals surface area contributed by atoms with Crippen LogP contribution in [0.5, 0.6) is 0 Å². The first-order chi connectivity index (χ1) is 13.1. The molecule has 0 saturated carbocycles. The van der Waals surface area contributed by atoms with Crippen LogP contribution < -0.4 is 11.0 Å². The highest BCUT2D eigenvalue weighted by atomic mass is 16.1. The van der Waals surface area contributed by atoms with Crippen molar-refractivity contribution in [2.75, 3.05) is 5.32 Å². The third-order valence-corrected chi connectivity index (χ3v) is 4.40. The molecule has 1 aromatic carbocycles. The summed E-state index contributed by atoms with van der Waals surface area (Å²) in [7, 11) is 1.86. The third-order valence-electron chi connectivity index (χ3n) is 4.40. The molecule has 27 heavy (non-hydrogen) atoms. The molecule has 4 rings (SSSR count). The molecule has 0 fully saturated rings. The number of hydrogen-bond donors (Lipinski definition) is 3. The van der Waals surface area contributed by atoms with Crippen molar-refractivity contribution in [1.82, 2.24) is 34.9 Å². The Kier molecular flexibility index (Phi) is 4.41. The van der Waals surface area contributed by atoms with Crippen LogP contribution in [0.4, 0.5) is 5.82 Å². The lowest BCUT2D eigenvalue weighted by Gasteiger charge is -2.13. The van der Waals surface area contributed by atoms with Crippen molar-refractivity contribution in [2.45, 2.75) is 25.8 Å². The molecular weight excluding hydrogens is 344 g/mol. The van der Waals surface area contributed by atoms with Gasteiger partial charge in [-0.2, -0.15) is 10.2 Å². The SMILES string of the molecule is C[C@H](Nc1nc(CCc2ccccc2)nc2c1cnn2C)c1n[nH]c(=O)[nH]1. The second-order valence-electron chi connectivity index (χ2n) is 6.41. The summed E-state index contributed by atoms with van der Waals surface area (Å²) in [6.07, 6.45) is 3.30.